The van der Waals surface area contributed by atoms with Gasteiger partial charge in [-0.1, -0.05) is 18.2 Å². The number of phenolic OH excluding ortho intramolecular Hbond substituents is 1. The zero-order valence-corrected chi connectivity index (χ0v) is 13.7. The maximum atomic E-state index is 11.8. The molecule has 0 saturated carbocycles. The highest BCUT2D eigenvalue weighted by Gasteiger charge is 2.20. The van der Waals surface area contributed by atoms with Crippen LogP contribution in [0.3, 0.4) is 0 Å². The Morgan fingerprint density at radius 1 is 0.920 bits per heavy atom. The van der Waals surface area contributed by atoms with Crippen molar-refractivity contribution in [3.8, 4) is 27.3 Å². The van der Waals surface area contributed by atoms with E-state index in [0.717, 1.165) is 26.1 Å². The fraction of sp³-hybridized carbons (Fsp3) is 0. The van der Waals surface area contributed by atoms with Crippen molar-refractivity contribution in [1.29, 1.82) is 0 Å². The van der Waals surface area contributed by atoms with E-state index in [2.05, 4.69) is 0 Å². The molecule has 0 atom stereocenters. The summed E-state index contributed by atoms with van der Waals surface area (Å²) in [6, 6.07) is 16.5. The Morgan fingerprint density at radius 3 is 2.52 bits per heavy atom. The van der Waals surface area contributed by atoms with Crippen LogP contribution in [0.25, 0.3) is 31.7 Å². The molecule has 0 saturated heterocycles. The highest BCUT2D eigenvalue weighted by atomic mass is 32.1. The normalized spacial score (nSPS) is 11.0. The number of hydrogen-bond donors (Lipinski definition) is 2. The van der Waals surface area contributed by atoms with Crippen LogP contribution in [-0.2, 0) is 0 Å². The fourth-order valence-electron chi connectivity index (χ4n) is 3.04. The van der Waals surface area contributed by atoms with Crippen LogP contribution in [0.5, 0.6) is 5.75 Å². The third-order valence-electron chi connectivity index (χ3n) is 4.10. The standard InChI is InChI=1S/C20H12O4S/c21-11-5-7-15-17(9-11)25-18-10-12(22)6-8-16(18)19(15)13-3-1-2-4-14(13)20(23)24/h1-10,21H,(H,23,24). The third kappa shape index (κ3) is 2.55. The number of fused-ring (bicyclic) bond motifs is 2. The molecule has 4 nitrogen and oxygen atoms in total. The summed E-state index contributed by atoms with van der Waals surface area (Å²) in [6.07, 6.45) is 0. The minimum absolute atomic E-state index is 0.110. The first-order chi connectivity index (χ1) is 12.0. The maximum absolute atomic E-state index is 11.8. The number of hydrogen-bond acceptors (Lipinski definition) is 4. The Hall–Kier alpha value is -3.18. The summed E-state index contributed by atoms with van der Waals surface area (Å²) in [5.74, 6) is -0.887. The second-order valence-electron chi connectivity index (χ2n) is 5.67. The summed E-state index contributed by atoms with van der Waals surface area (Å²) in [5.41, 5.74) is 2.24. The van der Waals surface area contributed by atoms with Crippen LogP contribution in [0.1, 0.15) is 10.4 Å². The lowest BCUT2D eigenvalue weighted by Gasteiger charge is -2.16. The number of phenols is 1. The lowest BCUT2D eigenvalue weighted by molar-refractivity contribution is 0.0697. The zero-order chi connectivity index (χ0) is 17.6. The van der Waals surface area contributed by atoms with Crippen molar-refractivity contribution >= 4 is 27.4 Å². The van der Waals surface area contributed by atoms with E-state index in [1.54, 1.807) is 48.5 Å². The average molecular weight is 348 g/mol. The van der Waals surface area contributed by atoms with E-state index in [1.807, 2.05) is 0 Å². The van der Waals surface area contributed by atoms with E-state index in [0.29, 0.717) is 5.56 Å². The molecule has 0 aromatic heterocycles. The van der Waals surface area contributed by atoms with Crippen molar-refractivity contribution in [2.45, 2.75) is 0 Å². The smallest absolute Gasteiger partial charge is 0.336 e. The van der Waals surface area contributed by atoms with E-state index >= 15 is 0 Å². The van der Waals surface area contributed by atoms with Crippen LogP contribution in [0.15, 0.2) is 65.5 Å². The lowest BCUT2D eigenvalue weighted by Crippen LogP contribution is -2.02. The van der Waals surface area contributed by atoms with E-state index in [9.17, 15) is 19.8 Å². The summed E-state index contributed by atoms with van der Waals surface area (Å²) >= 11 is 1.40. The Labute approximate surface area is 146 Å². The van der Waals surface area contributed by atoms with Gasteiger partial charge in [-0.05, 0) is 47.5 Å². The largest absolute Gasteiger partial charge is 0.508 e. The molecule has 0 radical (unpaired) electrons. The van der Waals surface area contributed by atoms with Crippen molar-refractivity contribution in [2.24, 2.45) is 0 Å². The minimum Gasteiger partial charge on any atom is -0.508 e. The predicted molar refractivity (Wildman–Crippen MR) is 98.8 cm³/mol. The number of carboxylic acids is 1. The van der Waals surface area contributed by atoms with Gasteiger partial charge in [-0.25, -0.2) is 4.79 Å². The third-order valence-corrected chi connectivity index (χ3v) is 5.22. The Bertz CT molecular complexity index is 1160. The highest BCUT2D eigenvalue weighted by Crippen LogP contribution is 2.44. The molecule has 1 aliphatic heterocycles. The zero-order valence-electron chi connectivity index (χ0n) is 12.9. The van der Waals surface area contributed by atoms with Crippen LogP contribution < -0.4 is 5.43 Å². The summed E-state index contributed by atoms with van der Waals surface area (Å²) in [7, 11) is 0. The van der Waals surface area contributed by atoms with Crippen molar-refractivity contribution < 1.29 is 15.0 Å². The molecule has 0 bridgehead atoms. The first-order valence-corrected chi connectivity index (χ1v) is 8.38. The van der Waals surface area contributed by atoms with E-state index in [4.69, 9.17) is 0 Å². The van der Waals surface area contributed by atoms with Crippen LogP contribution >= 0.6 is 11.3 Å². The van der Waals surface area contributed by atoms with Gasteiger partial charge in [-0.3, -0.25) is 4.79 Å². The summed E-state index contributed by atoms with van der Waals surface area (Å²) in [4.78, 5) is 24.2. The first-order valence-electron chi connectivity index (χ1n) is 7.57. The molecule has 2 aromatic rings. The molecular weight excluding hydrogens is 336 g/mol. The first kappa shape index (κ1) is 15.4. The molecule has 0 fully saturated rings. The molecule has 25 heavy (non-hydrogen) atoms. The van der Waals surface area contributed by atoms with Crippen molar-refractivity contribution in [1.82, 2.24) is 0 Å². The van der Waals surface area contributed by atoms with Gasteiger partial charge >= 0.3 is 5.97 Å². The molecular formula is C20H12O4S. The Morgan fingerprint density at radius 2 is 1.72 bits per heavy atom. The van der Waals surface area contributed by atoms with Gasteiger partial charge in [0.1, 0.15) is 5.75 Å². The van der Waals surface area contributed by atoms with Crippen LogP contribution in [-0.4, -0.2) is 16.2 Å². The molecule has 4 rings (SSSR count). The highest BCUT2D eigenvalue weighted by molar-refractivity contribution is 7.21. The molecule has 1 aliphatic carbocycles. The minimum atomic E-state index is -1.01. The lowest BCUT2D eigenvalue weighted by atomic mass is 9.92. The summed E-state index contributed by atoms with van der Waals surface area (Å²) < 4.78 is 0.785. The van der Waals surface area contributed by atoms with Crippen LogP contribution in [0, 0.1) is 0 Å². The van der Waals surface area contributed by atoms with Crippen molar-refractivity contribution in [3.05, 3.63) is 76.5 Å². The molecule has 5 heteroatoms. The molecule has 2 aromatic carbocycles. The number of carboxylic acid groups (broad SMARTS) is 1. The number of carbonyl (C=O) groups is 1. The molecule has 2 N–H and O–H groups in total. The second kappa shape index (κ2) is 5.72. The van der Waals surface area contributed by atoms with Crippen LogP contribution in [0.4, 0.5) is 0 Å². The van der Waals surface area contributed by atoms with Gasteiger partial charge in [0.25, 0.3) is 0 Å². The van der Waals surface area contributed by atoms with Gasteiger partial charge in [0.15, 0.2) is 5.43 Å². The van der Waals surface area contributed by atoms with E-state index in [-0.39, 0.29) is 16.7 Å². The molecule has 0 unspecified atom stereocenters. The van der Waals surface area contributed by atoms with Crippen LogP contribution in [0.2, 0.25) is 0 Å². The van der Waals surface area contributed by atoms with E-state index < -0.39 is 5.97 Å². The van der Waals surface area contributed by atoms with Gasteiger partial charge in [0.05, 0.1) is 5.56 Å². The van der Waals surface area contributed by atoms with Gasteiger partial charge in [-0.15, -0.1) is 11.3 Å². The maximum Gasteiger partial charge on any atom is 0.336 e. The van der Waals surface area contributed by atoms with Crippen molar-refractivity contribution in [3.63, 3.8) is 0 Å². The van der Waals surface area contributed by atoms with E-state index in [1.165, 1.54) is 23.5 Å². The quantitative estimate of drug-likeness (QED) is 0.525. The topological polar surface area (TPSA) is 74.6 Å². The summed E-state index contributed by atoms with van der Waals surface area (Å²) in [5, 5.41) is 20.2. The average Bonchev–Trinajstić information content (AvgIpc) is 2.59. The van der Waals surface area contributed by atoms with Gasteiger partial charge in [0.2, 0.25) is 0 Å². The number of benzene rings is 3. The number of rotatable bonds is 2. The Balaban J connectivity index is 2.22. The molecule has 2 aliphatic rings. The van der Waals surface area contributed by atoms with Gasteiger partial charge in [-0.2, -0.15) is 0 Å². The molecule has 0 amide bonds. The number of aromatic carboxylic acids is 1. The van der Waals surface area contributed by atoms with Crippen molar-refractivity contribution in [2.75, 3.05) is 0 Å². The fourth-order valence-corrected chi connectivity index (χ4v) is 4.19. The number of aromatic hydroxyl groups is 1. The predicted octanol–water partition coefficient (Wildman–Crippen LogP) is 4.44. The second-order valence-corrected chi connectivity index (χ2v) is 6.75. The molecule has 122 valence electrons. The molecule has 0 spiro atoms. The van der Waals surface area contributed by atoms with Gasteiger partial charge in [0, 0.05) is 26.6 Å². The molecule has 1 heterocycles. The SMILES string of the molecule is O=C(O)c1ccccc1-c1c2ccc(=O)cc-2sc2cc(O)ccc12. The Kier molecular flexibility index (Phi) is 3.51. The summed E-state index contributed by atoms with van der Waals surface area (Å²) in [6.45, 7) is 0. The van der Waals surface area contributed by atoms with Gasteiger partial charge < -0.3 is 10.2 Å². The monoisotopic (exact) mass is 348 g/mol.